The number of fused-ring (bicyclic) bond motifs is 1. The molecule has 9 nitrogen and oxygen atoms in total. The maximum Gasteiger partial charge on any atom is 0.344 e. The normalized spacial score (nSPS) is 10.4. The molecule has 0 aliphatic rings. The number of unbranched alkanes of at least 4 members (excludes halogenated alkanes) is 2. The number of ether oxygens (including phenoxy) is 2. The summed E-state index contributed by atoms with van der Waals surface area (Å²) in [5, 5.41) is 17.9. The van der Waals surface area contributed by atoms with Crippen LogP contribution in [0.1, 0.15) is 57.6 Å². The highest BCUT2D eigenvalue weighted by atomic mass is 16.5. The first-order valence-corrected chi connectivity index (χ1v) is 14.2. The van der Waals surface area contributed by atoms with Crippen molar-refractivity contribution < 1.29 is 38.5 Å². The van der Waals surface area contributed by atoms with E-state index >= 15 is 0 Å². The highest BCUT2D eigenvalue weighted by Crippen LogP contribution is 2.27. The lowest BCUT2D eigenvalue weighted by Gasteiger charge is -2.12. The van der Waals surface area contributed by atoms with E-state index in [2.05, 4.69) is 19.7 Å². The highest BCUT2D eigenvalue weighted by Gasteiger charge is 2.13. The minimum atomic E-state index is -0.935. The Morgan fingerprint density at radius 3 is 1.91 bits per heavy atom. The van der Waals surface area contributed by atoms with E-state index in [-0.39, 0.29) is 18.1 Å². The van der Waals surface area contributed by atoms with Crippen molar-refractivity contribution in [2.75, 3.05) is 13.2 Å². The van der Waals surface area contributed by atoms with Gasteiger partial charge in [0, 0.05) is 28.7 Å². The number of carbonyl (C=O) groups excluding carboxylic acids is 2. The molecule has 0 fully saturated rings. The SMILES string of the molecule is C=C(C)C(=O)O.C=C(C)C(=O)OCCCCc1cc2oc(=O)c(-c3ccc(OC(=O)C(=C)C)cc3)cc2cc1CCCCO. The third-order valence-electron chi connectivity index (χ3n) is 6.42. The molecule has 0 atom stereocenters. The molecule has 1 aromatic heterocycles. The van der Waals surface area contributed by atoms with E-state index in [0.29, 0.717) is 53.1 Å². The first-order chi connectivity index (χ1) is 20.8. The van der Waals surface area contributed by atoms with Gasteiger partial charge in [-0.2, -0.15) is 0 Å². The van der Waals surface area contributed by atoms with Crippen molar-refractivity contribution in [2.45, 2.75) is 59.3 Å². The number of esters is 2. The number of carbonyl (C=O) groups is 3. The predicted octanol–water partition coefficient (Wildman–Crippen LogP) is 6.35. The Kier molecular flexibility index (Phi) is 14.0. The zero-order valence-electron chi connectivity index (χ0n) is 25.6. The highest BCUT2D eigenvalue weighted by molar-refractivity contribution is 5.89. The van der Waals surface area contributed by atoms with Gasteiger partial charge in [-0.15, -0.1) is 0 Å². The maximum atomic E-state index is 12.9. The molecule has 0 unspecified atom stereocenters. The van der Waals surface area contributed by atoms with E-state index in [1.165, 1.54) is 6.92 Å². The van der Waals surface area contributed by atoms with Gasteiger partial charge >= 0.3 is 23.5 Å². The fraction of sp³-hybridized carbons (Fsp3) is 0.314. The summed E-state index contributed by atoms with van der Waals surface area (Å²) in [6.07, 6.45) is 4.56. The molecule has 0 radical (unpaired) electrons. The molecule has 234 valence electrons. The molecule has 0 amide bonds. The van der Waals surface area contributed by atoms with Crippen molar-refractivity contribution in [1.82, 2.24) is 0 Å². The van der Waals surface area contributed by atoms with Crippen LogP contribution in [0.3, 0.4) is 0 Å². The molecule has 3 rings (SSSR count). The second-order valence-corrected chi connectivity index (χ2v) is 10.4. The summed E-state index contributed by atoms with van der Waals surface area (Å²) in [6, 6.07) is 12.4. The summed E-state index contributed by atoms with van der Waals surface area (Å²) in [5.74, 6) is -1.48. The molecule has 0 saturated carbocycles. The summed E-state index contributed by atoms with van der Waals surface area (Å²) in [6.45, 7) is 15.4. The smallest absolute Gasteiger partial charge is 0.344 e. The van der Waals surface area contributed by atoms with Crippen molar-refractivity contribution in [3.8, 4) is 16.9 Å². The van der Waals surface area contributed by atoms with Crippen LogP contribution in [0.15, 0.2) is 88.1 Å². The van der Waals surface area contributed by atoms with Crippen LogP contribution in [-0.4, -0.2) is 41.3 Å². The first kappa shape index (κ1) is 35.4. The first-order valence-electron chi connectivity index (χ1n) is 14.2. The average Bonchev–Trinajstić information content (AvgIpc) is 2.97. The minimum Gasteiger partial charge on any atom is -0.478 e. The monoisotopic (exact) mass is 604 g/mol. The van der Waals surface area contributed by atoms with Crippen molar-refractivity contribution in [3.63, 3.8) is 0 Å². The number of benzene rings is 2. The van der Waals surface area contributed by atoms with Crippen molar-refractivity contribution in [3.05, 3.63) is 100 Å². The molecule has 2 aromatic carbocycles. The molecule has 44 heavy (non-hydrogen) atoms. The Bertz CT molecular complexity index is 1560. The lowest BCUT2D eigenvalue weighted by Crippen LogP contribution is -2.08. The quantitative estimate of drug-likeness (QED) is 0.0708. The fourth-order valence-electron chi connectivity index (χ4n) is 3.95. The molecule has 0 spiro atoms. The molecular formula is C35H40O9. The summed E-state index contributed by atoms with van der Waals surface area (Å²) >= 11 is 0. The molecule has 1 heterocycles. The second-order valence-electron chi connectivity index (χ2n) is 10.4. The molecule has 0 saturated heterocycles. The molecular weight excluding hydrogens is 564 g/mol. The largest absolute Gasteiger partial charge is 0.478 e. The van der Waals surface area contributed by atoms with E-state index in [1.54, 1.807) is 38.1 Å². The van der Waals surface area contributed by atoms with Gasteiger partial charge in [-0.1, -0.05) is 31.9 Å². The summed E-state index contributed by atoms with van der Waals surface area (Å²) in [5.41, 5.74) is 4.14. The Morgan fingerprint density at radius 2 is 1.36 bits per heavy atom. The standard InChI is InChI=1S/C31H34O7.C4H6O2/c1-20(2)29(33)36-16-8-6-10-24-19-28-25(17-23(24)9-5-7-15-32)18-27(31(35)38-28)22-11-13-26(14-12-22)37-30(34)21(3)4;1-3(2)4(5)6/h11-14,17-19,32H,1,3,5-10,15-16H2,2,4H3;1H2,2H3,(H,5,6). The summed E-state index contributed by atoms with van der Waals surface area (Å²) < 4.78 is 16.1. The van der Waals surface area contributed by atoms with E-state index in [9.17, 15) is 24.3 Å². The number of aliphatic carboxylic acids is 1. The van der Waals surface area contributed by atoms with Crippen LogP contribution in [0.4, 0.5) is 0 Å². The molecule has 0 bridgehead atoms. The number of hydrogen-bond donors (Lipinski definition) is 2. The van der Waals surface area contributed by atoms with Crippen LogP contribution < -0.4 is 10.4 Å². The van der Waals surface area contributed by atoms with Crippen LogP contribution >= 0.6 is 0 Å². The zero-order valence-corrected chi connectivity index (χ0v) is 25.6. The van der Waals surface area contributed by atoms with Crippen LogP contribution in [0.2, 0.25) is 0 Å². The Labute approximate surface area is 257 Å². The topological polar surface area (TPSA) is 140 Å². The third-order valence-corrected chi connectivity index (χ3v) is 6.42. The summed E-state index contributed by atoms with van der Waals surface area (Å²) in [7, 11) is 0. The Balaban J connectivity index is 0.00000102. The van der Waals surface area contributed by atoms with Gasteiger partial charge in [0.05, 0.1) is 12.2 Å². The van der Waals surface area contributed by atoms with Crippen molar-refractivity contribution >= 4 is 28.9 Å². The van der Waals surface area contributed by atoms with Crippen LogP contribution in [0, 0.1) is 0 Å². The third kappa shape index (κ3) is 11.1. The lowest BCUT2D eigenvalue weighted by molar-refractivity contribution is -0.139. The van der Waals surface area contributed by atoms with Gasteiger partial charge < -0.3 is 24.1 Å². The van der Waals surface area contributed by atoms with Crippen LogP contribution in [0.25, 0.3) is 22.1 Å². The van der Waals surface area contributed by atoms with Crippen molar-refractivity contribution in [1.29, 1.82) is 0 Å². The molecule has 0 aliphatic heterocycles. The number of hydrogen-bond acceptors (Lipinski definition) is 8. The average molecular weight is 605 g/mol. The van der Waals surface area contributed by atoms with Gasteiger partial charge in [-0.25, -0.2) is 19.2 Å². The van der Waals surface area contributed by atoms with E-state index < -0.39 is 17.6 Å². The van der Waals surface area contributed by atoms with Crippen molar-refractivity contribution in [2.24, 2.45) is 0 Å². The molecule has 0 aliphatic carbocycles. The van der Waals surface area contributed by atoms with Crippen LogP contribution in [0.5, 0.6) is 5.75 Å². The van der Waals surface area contributed by atoms with Gasteiger partial charge in [-0.3, -0.25) is 0 Å². The Hall–Kier alpha value is -4.76. The number of carboxylic acids is 1. The number of rotatable bonds is 14. The fourth-order valence-corrected chi connectivity index (χ4v) is 3.95. The van der Waals surface area contributed by atoms with Crippen LogP contribution in [-0.2, 0) is 32.0 Å². The van der Waals surface area contributed by atoms with Gasteiger partial charge in [0.1, 0.15) is 11.3 Å². The second kappa shape index (κ2) is 17.4. The Morgan fingerprint density at radius 1 is 0.795 bits per heavy atom. The maximum absolute atomic E-state index is 12.9. The van der Waals surface area contributed by atoms with E-state index in [0.717, 1.165) is 42.2 Å². The van der Waals surface area contributed by atoms with Gasteiger partial charge in [0.25, 0.3) is 0 Å². The van der Waals surface area contributed by atoms with E-state index in [4.69, 9.17) is 19.0 Å². The van der Waals surface area contributed by atoms with Gasteiger partial charge in [0.15, 0.2) is 0 Å². The zero-order chi connectivity index (χ0) is 32.8. The number of aliphatic hydroxyl groups is 1. The van der Waals surface area contributed by atoms with E-state index in [1.807, 2.05) is 18.2 Å². The number of carboxylic acid groups (broad SMARTS) is 1. The number of aryl methyl sites for hydroxylation is 2. The summed E-state index contributed by atoms with van der Waals surface area (Å²) in [4.78, 5) is 45.8. The minimum absolute atomic E-state index is 0.133. The molecule has 2 N–H and O–H groups in total. The van der Waals surface area contributed by atoms with Gasteiger partial charge in [0.2, 0.25) is 0 Å². The predicted molar refractivity (Wildman–Crippen MR) is 170 cm³/mol. The molecule has 9 heteroatoms. The molecule has 3 aromatic rings. The number of aliphatic hydroxyl groups excluding tert-OH is 1. The lowest BCUT2D eigenvalue weighted by atomic mass is 9.95. The van der Waals surface area contributed by atoms with Gasteiger partial charge in [-0.05, 0) is 106 Å².